The first kappa shape index (κ1) is 17.5. The minimum Gasteiger partial charge on any atom is -0.506 e. The highest BCUT2D eigenvalue weighted by atomic mass is 35.5. The Morgan fingerprint density at radius 1 is 1.27 bits per heavy atom. The third-order valence-electron chi connectivity index (χ3n) is 4.69. The van der Waals surface area contributed by atoms with Crippen molar-refractivity contribution in [3.63, 3.8) is 0 Å². The number of fused-ring (bicyclic) bond motifs is 1. The number of aromatic hydroxyl groups is 1. The van der Waals surface area contributed by atoms with E-state index in [0.717, 1.165) is 18.4 Å². The molecule has 1 aromatic heterocycles. The Morgan fingerprint density at radius 2 is 2.04 bits per heavy atom. The summed E-state index contributed by atoms with van der Waals surface area (Å²) in [5, 5.41) is 15.3. The van der Waals surface area contributed by atoms with Crippen molar-refractivity contribution in [3.8, 4) is 5.75 Å². The summed E-state index contributed by atoms with van der Waals surface area (Å²) in [6.07, 6.45) is 1.55. The van der Waals surface area contributed by atoms with Gasteiger partial charge in [0.2, 0.25) is 5.91 Å². The summed E-state index contributed by atoms with van der Waals surface area (Å²) in [7, 11) is 0. The van der Waals surface area contributed by atoms with Gasteiger partial charge in [0.15, 0.2) is 0 Å². The molecule has 3 heterocycles. The molecule has 0 radical (unpaired) electrons. The number of ether oxygens (including phenoxy) is 1. The highest BCUT2D eigenvalue weighted by molar-refractivity contribution is 8.00. The van der Waals surface area contributed by atoms with Crippen molar-refractivity contribution < 1.29 is 14.6 Å². The molecule has 1 unspecified atom stereocenters. The van der Waals surface area contributed by atoms with Crippen LogP contribution in [0.15, 0.2) is 23.0 Å². The average Bonchev–Trinajstić information content (AvgIpc) is 2.84. The van der Waals surface area contributed by atoms with E-state index in [9.17, 15) is 14.7 Å². The van der Waals surface area contributed by atoms with Gasteiger partial charge in [0.1, 0.15) is 11.6 Å². The summed E-state index contributed by atoms with van der Waals surface area (Å²) < 4.78 is 7.17. The zero-order valence-electron chi connectivity index (χ0n) is 13.8. The van der Waals surface area contributed by atoms with Gasteiger partial charge in [-0.15, -0.1) is 11.8 Å². The second kappa shape index (κ2) is 7.02. The second-order valence-corrected chi connectivity index (χ2v) is 7.87. The molecule has 0 spiro atoms. The number of nitrogens with one attached hydrogen (secondary N) is 2. The number of amides is 1. The lowest BCUT2D eigenvalue weighted by atomic mass is 10.1. The zero-order valence-corrected chi connectivity index (χ0v) is 15.4. The number of hydrogen-bond acceptors (Lipinski definition) is 5. The van der Waals surface area contributed by atoms with E-state index in [4.69, 9.17) is 16.3 Å². The van der Waals surface area contributed by atoms with Crippen LogP contribution >= 0.6 is 23.4 Å². The molecule has 0 saturated carbocycles. The number of nitrogens with zero attached hydrogens (tertiary/aromatic N) is 1. The zero-order chi connectivity index (χ0) is 18.3. The molecule has 4 rings (SSSR count). The molecule has 1 atom stereocenters. The Bertz CT molecular complexity index is 904. The van der Waals surface area contributed by atoms with Crippen molar-refractivity contribution in [1.29, 1.82) is 0 Å². The lowest BCUT2D eigenvalue weighted by Crippen LogP contribution is -2.24. The maximum absolute atomic E-state index is 12.8. The topological polar surface area (TPSA) is 96.3 Å². The molecule has 2 aromatic rings. The monoisotopic (exact) mass is 395 g/mol. The molecule has 138 valence electrons. The summed E-state index contributed by atoms with van der Waals surface area (Å²) in [6.45, 7) is 1.25. The molecule has 1 aromatic carbocycles. The number of aromatic nitrogens is 2. The van der Waals surface area contributed by atoms with Gasteiger partial charge in [-0.3, -0.25) is 19.4 Å². The van der Waals surface area contributed by atoms with Crippen LogP contribution in [0.25, 0.3) is 0 Å². The van der Waals surface area contributed by atoms with Crippen LogP contribution < -0.4 is 10.9 Å². The molecule has 0 bridgehead atoms. The van der Waals surface area contributed by atoms with Gasteiger partial charge in [-0.25, -0.2) is 0 Å². The third kappa shape index (κ3) is 3.13. The van der Waals surface area contributed by atoms with Crippen LogP contribution in [0.5, 0.6) is 5.75 Å². The smallest absolute Gasteiger partial charge is 0.270 e. The Balaban J connectivity index is 1.82. The third-order valence-corrected chi connectivity index (χ3v) is 6.27. The molecule has 26 heavy (non-hydrogen) atoms. The first-order valence-electron chi connectivity index (χ1n) is 8.36. The van der Waals surface area contributed by atoms with Crippen LogP contribution in [0.2, 0.25) is 5.02 Å². The van der Waals surface area contributed by atoms with E-state index in [1.807, 2.05) is 0 Å². The van der Waals surface area contributed by atoms with E-state index < -0.39 is 0 Å². The molecule has 1 saturated heterocycles. The van der Waals surface area contributed by atoms with Crippen molar-refractivity contribution in [2.24, 2.45) is 0 Å². The van der Waals surface area contributed by atoms with E-state index in [1.54, 1.807) is 16.8 Å². The molecule has 2 aliphatic heterocycles. The summed E-state index contributed by atoms with van der Waals surface area (Å²) in [6, 6.07) is 4.94. The van der Waals surface area contributed by atoms with E-state index in [0.29, 0.717) is 24.6 Å². The number of anilines is 1. The van der Waals surface area contributed by atoms with Crippen LogP contribution in [-0.4, -0.2) is 39.8 Å². The number of benzene rings is 1. The van der Waals surface area contributed by atoms with Crippen LogP contribution in [-0.2, 0) is 9.53 Å². The number of aromatic amines is 1. The minimum atomic E-state index is -0.355. The number of thioether (sulfide) groups is 1. The Hall–Kier alpha value is -1.90. The molecular weight excluding hydrogens is 378 g/mol. The maximum Gasteiger partial charge on any atom is 0.270 e. The van der Waals surface area contributed by atoms with Crippen molar-refractivity contribution in [2.75, 3.05) is 24.3 Å². The average molecular weight is 396 g/mol. The van der Waals surface area contributed by atoms with Crippen molar-refractivity contribution >= 4 is 35.1 Å². The number of carbonyl (C=O) groups is 1. The fourth-order valence-electron chi connectivity index (χ4n) is 3.41. The first-order chi connectivity index (χ1) is 12.5. The number of rotatable bonds is 2. The first-order valence-corrected chi connectivity index (χ1v) is 9.79. The normalized spacial score (nSPS) is 21.1. The van der Waals surface area contributed by atoms with Crippen LogP contribution in [0.1, 0.15) is 35.3 Å². The highest BCUT2D eigenvalue weighted by Gasteiger charge is 2.32. The van der Waals surface area contributed by atoms with E-state index in [2.05, 4.69) is 10.4 Å². The molecule has 9 heteroatoms. The highest BCUT2D eigenvalue weighted by Crippen LogP contribution is 2.42. The van der Waals surface area contributed by atoms with Crippen molar-refractivity contribution in [1.82, 2.24) is 9.78 Å². The fraction of sp³-hybridized carbons (Fsp3) is 0.412. The number of phenolic OH excluding ortho intramolecular Hbond substituents is 1. The maximum atomic E-state index is 12.8. The lowest BCUT2D eigenvalue weighted by Gasteiger charge is -2.25. The Kier molecular flexibility index (Phi) is 4.73. The molecule has 7 nitrogen and oxygen atoms in total. The molecule has 1 amide bonds. The Morgan fingerprint density at radius 3 is 2.77 bits per heavy atom. The number of carbonyl (C=O) groups excluding carboxylic acids is 1. The molecule has 1 fully saturated rings. The molecule has 0 aliphatic carbocycles. The van der Waals surface area contributed by atoms with Gasteiger partial charge in [-0.2, -0.15) is 0 Å². The molecule has 2 aliphatic rings. The lowest BCUT2D eigenvalue weighted by molar-refractivity contribution is -0.113. The SMILES string of the molecule is O=C1CSC(c2ccc(O)c(Cl)c2)c2c(n(C3CCOCC3)[nH]c2=O)N1. The summed E-state index contributed by atoms with van der Waals surface area (Å²) in [5.41, 5.74) is 1.05. The van der Waals surface area contributed by atoms with Gasteiger partial charge in [0.05, 0.1) is 27.6 Å². The quantitative estimate of drug-likeness (QED) is 0.726. The van der Waals surface area contributed by atoms with Crippen molar-refractivity contribution in [3.05, 3.63) is 44.7 Å². The van der Waals surface area contributed by atoms with Crippen molar-refractivity contribution in [2.45, 2.75) is 24.1 Å². The van der Waals surface area contributed by atoms with Gasteiger partial charge in [-0.1, -0.05) is 17.7 Å². The number of halogens is 1. The minimum absolute atomic E-state index is 0.0165. The second-order valence-electron chi connectivity index (χ2n) is 6.37. The number of hydrogen-bond donors (Lipinski definition) is 3. The van der Waals surface area contributed by atoms with E-state index in [1.165, 1.54) is 17.8 Å². The predicted octanol–water partition coefficient (Wildman–Crippen LogP) is 2.66. The summed E-state index contributed by atoms with van der Waals surface area (Å²) >= 11 is 7.42. The number of H-pyrrole nitrogens is 1. The molecule has 3 N–H and O–H groups in total. The number of phenols is 1. The van der Waals surface area contributed by atoms with Gasteiger partial charge in [-0.05, 0) is 30.5 Å². The van der Waals surface area contributed by atoms with Crippen LogP contribution in [0.3, 0.4) is 0 Å². The predicted molar refractivity (Wildman–Crippen MR) is 100 cm³/mol. The van der Waals surface area contributed by atoms with Gasteiger partial charge >= 0.3 is 0 Å². The fourth-order valence-corrected chi connectivity index (χ4v) is 4.71. The van der Waals surface area contributed by atoms with E-state index in [-0.39, 0.29) is 39.3 Å². The largest absolute Gasteiger partial charge is 0.506 e. The summed E-state index contributed by atoms with van der Waals surface area (Å²) in [4.78, 5) is 25.0. The van der Waals surface area contributed by atoms with E-state index >= 15 is 0 Å². The van der Waals surface area contributed by atoms with Gasteiger partial charge in [0, 0.05) is 13.2 Å². The van der Waals surface area contributed by atoms with Gasteiger partial charge < -0.3 is 15.2 Å². The Labute approximate surface area is 158 Å². The van der Waals surface area contributed by atoms with Crippen LogP contribution in [0.4, 0.5) is 5.82 Å². The van der Waals surface area contributed by atoms with Crippen LogP contribution in [0, 0.1) is 0 Å². The standard InChI is InChI=1S/C17H18ClN3O4S/c18-11-7-9(1-2-12(11)22)15-14-16(19-13(23)8-26-15)21(20-17(14)24)10-3-5-25-6-4-10/h1-2,7,10,15,22H,3-6,8H2,(H,19,23)(H,20,24). The molecular formula is C17H18ClN3O4S. The summed E-state index contributed by atoms with van der Waals surface area (Å²) in [5.74, 6) is 0.581. The van der Waals surface area contributed by atoms with Gasteiger partial charge in [0.25, 0.3) is 5.56 Å².